The zero-order valence-corrected chi connectivity index (χ0v) is 18.5. The van der Waals surface area contributed by atoms with Gasteiger partial charge >= 0.3 is 0 Å². The zero-order chi connectivity index (χ0) is 23.0. The molecule has 2 N–H and O–H groups in total. The van der Waals surface area contributed by atoms with Crippen LogP contribution in [0.1, 0.15) is 37.7 Å². The number of nitrogens with one attached hydrogen (secondary N) is 2. The Balaban J connectivity index is 1.47. The number of benzene rings is 2. The third kappa shape index (κ3) is 6.90. The van der Waals surface area contributed by atoms with Crippen molar-refractivity contribution in [2.75, 3.05) is 11.4 Å². The number of amides is 2. The molecule has 2 aromatic rings. The molecule has 168 valence electrons. The Labute approximate surface area is 188 Å². The molecule has 0 spiro atoms. The number of para-hydroxylation sites is 1. The molecule has 2 aromatic carbocycles. The molecule has 1 aliphatic carbocycles. The van der Waals surface area contributed by atoms with Crippen LogP contribution >= 0.6 is 0 Å². The lowest BCUT2D eigenvalue weighted by atomic mass is 10.2. The molecule has 2 amide bonds. The van der Waals surface area contributed by atoms with Gasteiger partial charge in [-0.15, -0.1) is 0 Å². The van der Waals surface area contributed by atoms with Crippen molar-refractivity contribution in [3.05, 3.63) is 60.2 Å². The molecule has 0 radical (unpaired) electrons. The summed E-state index contributed by atoms with van der Waals surface area (Å²) in [7, 11) is -3.50. The number of hydrogen-bond acceptors (Lipinski definition) is 5. The van der Waals surface area contributed by atoms with Gasteiger partial charge in [0.05, 0.1) is 17.4 Å². The van der Waals surface area contributed by atoms with Crippen LogP contribution in [0, 0.1) is 11.3 Å². The molecule has 1 aliphatic rings. The second-order valence-corrected chi connectivity index (χ2v) is 9.32. The Bertz CT molecular complexity index is 1080. The van der Waals surface area contributed by atoms with Gasteiger partial charge in [0, 0.05) is 37.7 Å². The predicted molar refractivity (Wildman–Crippen MR) is 120 cm³/mol. The summed E-state index contributed by atoms with van der Waals surface area (Å²) in [6.07, 6.45) is 1.98. The smallest absolute Gasteiger partial charge is 0.240 e. The van der Waals surface area contributed by atoms with Crippen LogP contribution < -0.4 is 14.9 Å². The van der Waals surface area contributed by atoms with Crippen molar-refractivity contribution in [3.63, 3.8) is 0 Å². The molecular weight excluding hydrogens is 428 g/mol. The van der Waals surface area contributed by atoms with Crippen LogP contribution in [-0.4, -0.2) is 32.8 Å². The number of rotatable bonds is 11. The molecule has 1 fully saturated rings. The van der Waals surface area contributed by atoms with E-state index in [0.29, 0.717) is 5.69 Å². The monoisotopic (exact) mass is 454 g/mol. The van der Waals surface area contributed by atoms with Crippen LogP contribution in [-0.2, 0) is 26.2 Å². The second-order valence-electron chi connectivity index (χ2n) is 7.61. The normalized spacial score (nSPS) is 13.2. The Morgan fingerprint density at radius 1 is 1.03 bits per heavy atom. The third-order valence-electron chi connectivity index (χ3n) is 5.00. The van der Waals surface area contributed by atoms with Crippen molar-refractivity contribution in [3.8, 4) is 6.07 Å². The van der Waals surface area contributed by atoms with Crippen LogP contribution in [0.5, 0.6) is 0 Å². The lowest BCUT2D eigenvalue weighted by Gasteiger charge is -2.21. The summed E-state index contributed by atoms with van der Waals surface area (Å²) in [5, 5.41) is 11.6. The van der Waals surface area contributed by atoms with Gasteiger partial charge in [-0.25, -0.2) is 13.1 Å². The van der Waals surface area contributed by atoms with Crippen LogP contribution in [0.3, 0.4) is 0 Å². The first kappa shape index (κ1) is 23.4. The molecule has 0 unspecified atom stereocenters. The molecule has 0 heterocycles. The molecule has 0 bridgehead atoms. The van der Waals surface area contributed by atoms with Crippen LogP contribution in [0.15, 0.2) is 59.5 Å². The molecule has 1 saturated carbocycles. The first-order chi connectivity index (χ1) is 15.4. The predicted octanol–water partition coefficient (Wildman–Crippen LogP) is 2.47. The van der Waals surface area contributed by atoms with Gasteiger partial charge in [0.1, 0.15) is 0 Å². The maximum Gasteiger partial charge on any atom is 0.240 e. The van der Waals surface area contributed by atoms with Gasteiger partial charge < -0.3 is 10.2 Å². The molecular formula is C23H26N4O4S. The Kier molecular flexibility index (Phi) is 7.98. The topological polar surface area (TPSA) is 119 Å². The van der Waals surface area contributed by atoms with E-state index in [2.05, 4.69) is 10.0 Å². The van der Waals surface area contributed by atoms with E-state index in [1.165, 1.54) is 17.0 Å². The fourth-order valence-corrected chi connectivity index (χ4v) is 4.39. The number of sulfonamides is 1. The van der Waals surface area contributed by atoms with Gasteiger partial charge in [-0.05, 0) is 42.7 Å². The maximum absolute atomic E-state index is 12.6. The first-order valence-corrected chi connectivity index (χ1v) is 12.0. The van der Waals surface area contributed by atoms with Crippen molar-refractivity contribution in [1.29, 1.82) is 5.26 Å². The quantitative estimate of drug-likeness (QED) is 0.541. The summed E-state index contributed by atoms with van der Waals surface area (Å²) in [6.45, 7) is 0.506. The summed E-state index contributed by atoms with van der Waals surface area (Å²) in [6, 6.07) is 17.5. The average Bonchev–Trinajstić information content (AvgIpc) is 3.61. The molecule has 9 heteroatoms. The van der Waals surface area contributed by atoms with Crippen molar-refractivity contribution in [2.45, 2.75) is 49.6 Å². The summed E-state index contributed by atoms with van der Waals surface area (Å²) in [4.78, 5) is 26.5. The molecule has 8 nitrogen and oxygen atoms in total. The highest BCUT2D eigenvalue weighted by Crippen LogP contribution is 2.22. The molecule has 0 saturated heterocycles. The largest absolute Gasteiger partial charge is 0.352 e. The van der Waals surface area contributed by atoms with E-state index in [1.807, 2.05) is 24.3 Å². The molecule has 32 heavy (non-hydrogen) atoms. The number of anilines is 1. The van der Waals surface area contributed by atoms with Crippen LogP contribution in [0.25, 0.3) is 0 Å². The minimum atomic E-state index is -3.50. The molecule has 0 aromatic heterocycles. The lowest BCUT2D eigenvalue weighted by molar-refractivity contribution is -0.125. The molecule has 0 aliphatic heterocycles. The van der Waals surface area contributed by atoms with E-state index in [1.54, 1.807) is 24.3 Å². The Hall–Kier alpha value is -3.22. The third-order valence-corrected chi connectivity index (χ3v) is 6.54. The number of nitriles is 1. The fourth-order valence-electron chi connectivity index (χ4n) is 3.09. The van der Waals surface area contributed by atoms with Crippen molar-refractivity contribution >= 4 is 27.5 Å². The van der Waals surface area contributed by atoms with E-state index in [9.17, 15) is 18.0 Å². The highest BCUT2D eigenvalue weighted by molar-refractivity contribution is 7.89. The zero-order valence-electron chi connectivity index (χ0n) is 17.7. The van der Waals surface area contributed by atoms with Gasteiger partial charge in [-0.2, -0.15) is 5.26 Å². The van der Waals surface area contributed by atoms with Crippen LogP contribution in [0.2, 0.25) is 0 Å². The number of carbonyl (C=O) groups excluding carboxylic acids is 2. The molecule has 3 rings (SSSR count). The van der Waals surface area contributed by atoms with Crippen LogP contribution in [0.4, 0.5) is 5.69 Å². The number of hydrogen-bond donors (Lipinski definition) is 2. The number of nitrogens with zero attached hydrogens (tertiary/aromatic N) is 2. The van der Waals surface area contributed by atoms with Gasteiger partial charge in [0.25, 0.3) is 0 Å². The van der Waals surface area contributed by atoms with Gasteiger partial charge in [-0.1, -0.05) is 30.3 Å². The Morgan fingerprint density at radius 3 is 2.34 bits per heavy atom. The van der Waals surface area contributed by atoms with E-state index in [-0.39, 0.29) is 55.1 Å². The number of carbonyl (C=O) groups is 2. The fraction of sp³-hybridized carbons (Fsp3) is 0.348. The van der Waals surface area contributed by atoms with E-state index < -0.39 is 10.0 Å². The van der Waals surface area contributed by atoms with Crippen molar-refractivity contribution in [2.24, 2.45) is 0 Å². The van der Waals surface area contributed by atoms with E-state index >= 15 is 0 Å². The Morgan fingerprint density at radius 2 is 1.72 bits per heavy atom. The first-order valence-electron chi connectivity index (χ1n) is 10.5. The van der Waals surface area contributed by atoms with E-state index in [0.717, 1.165) is 18.4 Å². The van der Waals surface area contributed by atoms with E-state index in [4.69, 9.17) is 5.26 Å². The maximum atomic E-state index is 12.6. The SMILES string of the molecule is N#CCCN(C(=O)CCC(=O)NCc1ccc(S(=O)(=O)NC2CC2)cc1)c1ccccc1. The summed E-state index contributed by atoms with van der Waals surface area (Å²) >= 11 is 0. The summed E-state index contributed by atoms with van der Waals surface area (Å²) < 4.78 is 27.0. The average molecular weight is 455 g/mol. The molecule has 0 atom stereocenters. The van der Waals surface area contributed by atoms with Gasteiger partial charge in [-0.3, -0.25) is 9.59 Å². The summed E-state index contributed by atoms with van der Waals surface area (Å²) in [5.74, 6) is -0.502. The highest BCUT2D eigenvalue weighted by atomic mass is 32.2. The standard InChI is InChI=1S/C23H26N4O4S/c24-15-4-16-27(20-5-2-1-3-6-20)23(29)14-13-22(28)25-17-18-7-11-21(12-8-18)32(30,31)26-19-9-10-19/h1-3,5-8,11-12,19,26H,4,9-10,13-14,16-17H2,(H,25,28). The minimum absolute atomic E-state index is 0.0203. The van der Waals surface area contributed by atoms with Gasteiger partial charge in [0.2, 0.25) is 21.8 Å². The van der Waals surface area contributed by atoms with Crippen molar-refractivity contribution < 1.29 is 18.0 Å². The highest BCUT2D eigenvalue weighted by Gasteiger charge is 2.27. The summed E-state index contributed by atoms with van der Waals surface area (Å²) in [5.41, 5.74) is 1.45. The minimum Gasteiger partial charge on any atom is -0.352 e. The van der Waals surface area contributed by atoms with Crippen molar-refractivity contribution in [1.82, 2.24) is 10.0 Å². The van der Waals surface area contributed by atoms with Gasteiger partial charge in [0.15, 0.2) is 0 Å². The lowest BCUT2D eigenvalue weighted by Crippen LogP contribution is -2.33. The second kappa shape index (κ2) is 10.9.